The minimum Gasteiger partial charge on any atom is -0.444 e. The summed E-state index contributed by atoms with van der Waals surface area (Å²) in [5, 5.41) is 11.1. The van der Waals surface area contributed by atoms with Crippen LogP contribution >= 0.6 is 0 Å². The summed E-state index contributed by atoms with van der Waals surface area (Å²) in [6, 6.07) is 19.4. The summed E-state index contributed by atoms with van der Waals surface area (Å²) in [4.78, 5) is 13.7. The first kappa shape index (κ1) is 19.0. The van der Waals surface area contributed by atoms with Gasteiger partial charge in [0.2, 0.25) is 0 Å². The highest BCUT2D eigenvalue weighted by atomic mass is 16.6. The number of amides is 1. The Bertz CT molecular complexity index is 653. The molecule has 0 aromatic heterocycles. The van der Waals surface area contributed by atoms with E-state index in [2.05, 4.69) is 0 Å². The van der Waals surface area contributed by atoms with E-state index in [1.807, 2.05) is 67.6 Å². The van der Waals surface area contributed by atoms with E-state index in [-0.39, 0.29) is 0 Å². The van der Waals surface area contributed by atoms with Gasteiger partial charge in [-0.2, -0.15) is 0 Å². The van der Waals surface area contributed by atoms with Crippen molar-refractivity contribution >= 4 is 6.09 Å². The number of hydrogen-bond acceptors (Lipinski definition) is 3. The van der Waals surface area contributed by atoms with Crippen LogP contribution in [0.4, 0.5) is 4.79 Å². The topological polar surface area (TPSA) is 49.8 Å². The van der Waals surface area contributed by atoms with Crippen LogP contribution in [-0.2, 0) is 10.2 Å². The zero-order chi connectivity index (χ0) is 18.7. The van der Waals surface area contributed by atoms with Crippen molar-refractivity contribution in [2.45, 2.75) is 44.9 Å². The van der Waals surface area contributed by atoms with Gasteiger partial charge in [0.05, 0.1) is 5.41 Å². The maximum atomic E-state index is 12.5. The van der Waals surface area contributed by atoms with Crippen molar-refractivity contribution in [2.75, 3.05) is 7.05 Å². The summed E-state index contributed by atoms with van der Waals surface area (Å²) in [5.41, 5.74) is 0.419. The molecular formula is C21H27NO3. The molecule has 134 valence electrons. The van der Waals surface area contributed by atoms with Crippen LogP contribution in [0.5, 0.6) is 0 Å². The predicted octanol–water partition coefficient (Wildman–Crippen LogP) is 4.18. The predicted molar refractivity (Wildman–Crippen MR) is 99.3 cm³/mol. The summed E-state index contributed by atoms with van der Waals surface area (Å²) in [6.07, 6.45) is -1.65. The fourth-order valence-electron chi connectivity index (χ4n) is 2.85. The smallest absolute Gasteiger partial charge is 0.412 e. The van der Waals surface area contributed by atoms with Crippen LogP contribution in [-0.4, -0.2) is 35.0 Å². The van der Waals surface area contributed by atoms with Crippen LogP contribution in [0, 0.1) is 0 Å². The van der Waals surface area contributed by atoms with E-state index in [0.717, 1.165) is 11.1 Å². The second kappa shape index (κ2) is 7.28. The molecule has 2 aromatic rings. The summed E-state index contributed by atoms with van der Waals surface area (Å²) >= 11 is 0. The van der Waals surface area contributed by atoms with Gasteiger partial charge in [-0.1, -0.05) is 60.7 Å². The zero-order valence-corrected chi connectivity index (χ0v) is 15.6. The fraction of sp³-hybridized carbons (Fsp3) is 0.381. The van der Waals surface area contributed by atoms with E-state index in [9.17, 15) is 9.90 Å². The lowest BCUT2D eigenvalue weighted by molar-refractivity contribution is -0.0431. The standard InChI is InChI=1S/C21H27NO3/c1-20(2,3)25-19(24)22(5)18(23)21(4,16-12-8-6-9-13-16)17-14-10-7-11-15-17/h6-15,18,23H,1-5H3. The molecule has 1 amide bonds. The summed E-state index contributed by atoms with van der Waals surface area (Å²) in [7, 11) is 1.56. The molecule has 0 aliphatic carbocycles. The first-order valence-corrected chi connectivity index (χ1v) is 8.41. The van der Waals surface area contributed by atoms with E-state index in [1.54, 1.807) is 27.8 Å². The molecule has 25 heavy (non-hydrogen) atoms. The van der Waals surface area contributed by atoms with Crippen LogP contribution in [0.25, 0.3) is 0 Å². The van der Waals surface area contributed by atoms with Gasteiger partial charge in [-0.25, -0.2) is 4.79 Å². The zero-order valence-electron chi connectivity index (χ0n) is 15.6. The molecule has 0 bridgehead atoms. The molecule has 0 fully saturated rings. The average Bonchev–Trinajstić information content (AvgIpc) is 2.59. The highest BCUT2D eigenvalue weighted by Crippen LogP contribution is 2.36. The first-order valence-electron chi connectivity index (χ1n) is 8.41. The van der Waals surface area contributed by atoms with E-state index in [1.165, 1.54) is 4.90 Å². The number of aliphatic hydroxyl groups is 1. The molecule has 1 atom stereocenters. The molecule has 0 aliphatic heterocycles. The van der Waals surface area contributed by atoms with Crippen LogP contribution in [0.15, 0.2) is 60.7 Å². The molecule has 0 aliphatic rings. The SMILES string of the molecule is CN(C(=O)OC(C)(C)C)C(O)C(C)(c1ccccc1)c1ccccc1. The van der Waals surface area contributed by atoms with E-state index >= 15 is 0 Å². The fourth-order valence-corrected chi connectivity index (χ4v) is 2.85. The number of hydrogen-bond donors (Lipinski definition) is 1. The van der Waals surface area contributed by atoms with Crippen molar-refractivity contribution in [3.05, 3.63) is 71.8 Å². The number of nitrogens with zero attached hydrogens (tertiary/aromatic N) is 1. The molecule has 4 heteroatoms. The van der Waals surface area contributed by atoms with Crippen molar-refractivity contribution in [1.82, 2.24) is 4.90 Å². The molecule has 4 nitrogen and oxygen atoms in total. The van der Waals surface area contributed by atoms with Gasteiger partial charge in [-0.05, 0) is 38.8 Å². The Morgan fingerprint density at radius 3 is 1.68 bits per heavy atom. The van der Waals surface area contributed by atoms with Gasteiger partial charge in [-0.15, -0.1) is 0 Å². The minimum absolute atomic E-state index is 0.557. The third-order valence-electron chi connectivity index (χ3n) is 4.31. The highest BCUT2D eigenvalue weighted by molar-refractivity contribution is 5.68. The maximum absolute atomic E-state index is 12.5. The van der Waals surface area contributed by atoms with Gasteiger partial charge in [0, 0.05) is 7.05 Å². The Balaban J connectivity index is 2.44. The average molecular weight is 341 g/mol. The summed E-state index contributed by atoms with van der Waals surface area (Å²) in [5.74, 6) is 0. The maximum Gasteiger partial charge on any atom is 0.412 e. The number of carbonyl (C=O) groups is 1. The lowest BCUT2D eigenvalue weighted by Crippen LogP contribution is -2.51. The second-order valence-corrected chi connectivity index (χ2v) is 7.40. The van der Waals surface area contributed by atoms with Gasteiger partial charge in [0.25, 0.3) is 0 Å². The van der Waals surface area contributed by atoms with Crippen molar-refractivity contribution < 1.29 is 14.6 Å². The van der Waals surface area contributed by atoms with Crippen molar-refractivity contribution in [3.8, 4) is 0 Å². The van der Waals surface area contributed by atoms with Crippen LogP contribution < -0.4 is 0 Å². The van der Waals surface area contributed by atoms with Crippen molar-refractivity contribution in [2.24, 2.45) is 0 Å². The van der Waals surface area contributed by atoms with Crippen molar-refractivity contribution in [1.29, 1.82) is 0 Å². The van der Waals surface area contributed by atoms with Crippen molar-refractivity contribution in [3.63, 3.8) is 0 Å². The Morgan fingerprint density at radius 1 is 0.920 bits per heavy atom. The summed E-state index contributed by atoms with van der Waals surface area (Å²) in [6.45, 7) is 7.35. The first-order chi connectivity index (χ1) is 11.7. The Labute approximate surface area is 150 Å². The molecule has 2 rings (SSSR count). The Morgan fingerprint density at radius 2 is 1.32 bits per heavy atom. The van der Waals surface area contributed by atoms with E-state index < -0.39 is 23.3 Å². The molecule has 0 saturated carbocycles. The molecule has 0 saturated heterocycles. The second-order valence-electron chi connectivity index (χ2n) is 7.40. The molecule has 0 radical (unpaired) electrons. The van der Waals surface area contributed by atoms with Gasteiger partial charge in [-0.3, -0.25) is 4.90 Å². The molecule has 1 unspecified atom stereocenters. The normalized spacial score (nSPS) is 13.2. The third-order valence-corrected chi connectivity index (χ3v) is 4.31. The van der Waals surface area contributed by atoms with Gasteiger partial charge >= 0.3 is 6.09 Å². The number of ether oxygens (including phenoxy) is 1. The Hall–Kier alpha value is -2.33. The molecule has 2 aromatic carbocycles. The minimum atomic E-state index is -1.09. The molecule has 0 spiro atoms. The quantitative estimate of drug-likeness (QED) is 0.849. The lowest BCUT2D eigenvalue weighted by atomic mass is 9.74. The molecule has 0 heterocycles. The highest BCUT2D eigenvalue weighted by Gasteiger charge is 2.41. The van der Waals surface area contributed by atoms with Crippen LogP contribution in [0.3, 0.4) is 0 Å². The number of rotatable bonds is 4. The largest absolute Gasteiger partial charge is 0.444 e. The van der Waals surface area contributed by atoms with Crippen LogP contribution in [0.1, 0.15) is 38.8 Å². The van der Waals surface area contributed by atoms with E-state index in [0.29, 0.717) is 0 Å². The van der Waals surface area contributed by atoms with Gasteiger partial charge in [0.1, 0.15) is 11.8 Å². The Kier molecular flexibility index (Phi) is 5.53. The number of likely N-dealkylation sites (N-methyl/N-ethyl adjacent to an activating group) is 1. The number of benzene rings is 2. The molecular weight excluding hydrogens is 314 g/mol. The number of carbonyl (C=O) groups excluding carboxylic acids is 1. The summed E-state index contributed by atoms with van der Waals surface area (Å²) < 4.78 is 5.41. The van der Waals surface area contributed by atoms with Gasteiger partial charge < -0.3 is 9.84 Å². The lowest BCUT2D eigenvalue weighted by Gasteiger charge is -2.40. The monoisotopic (exact) mass is 341 g/mol. The molecule has 1 N–H and O–H groups in total. The van der Waals surface area contributed by atoms with E-state index in [4.69, 9.17) is 4.74 Å². The third kappa shape index (κ3) is 4.20. The van der Waals surface area contributed by atoms with Crippen LogP contribution in [0.2, 0.25) is 0 Å². The number of aliphatic hydroxyl groups excluding tert-OH is 1. The van der Waals surface area contributed by atoms with Gasteiger partial charge in [0.15, 0.2) is 0 Å².